The third-order valence-electron chi connectivity index (χ3n) is 4.28. The molecular weight excluding hydrogens is 369 g/mol. The van der Waals surface area contributed by atoms with Crippen LogP contribution in [0.2, 0.25) is 5.02 Å². The fraction of sp³-hybridized carbons (Fsp3) is 0.500. The molecular formula is C16H23Cl2N3O2S. The smallest absolute Gasteiger partial charge is 0.238 e. The molecule has 4 N–H and O–H groups in total. The van der Waals surface area contributed by atoms with Crippen LogP contribution in [0, 0.1) is 0 Å². The third-order valence-corrected chi connectivity index (χ3v) is 5.79. The number of thioether (sulfide) groups is 1. The Kier molecular flexibility index (Phi) is 7.86. The van der Waals surface area contributed by atoms with E-state index in [9.17, 15) is 9.59 Å². The van der Waals surface area contributed by atoms with Crippen molar-refractivity contribution in [2.45, 2.75) is 48.8 Å². The first kappa shape index (κ1) is 21.1. The zero-order chi connectivity index (χ0) is 17.0. The minimum atomic E-state index is -0.451. The molecule has 1 aromatic carbocycles. The van der Waals surface area contributed by atoms with Gasteiger partial charge in [-0.15, -0.1) is 24.2 Å². The zero-order valence-corrected chi connectivity index (χ0v) is 16.1. The molecule has 0 spiro atoms. The van der Waals surface area contributed by atoms with Gasteiger partial charge < -0.3 is 16.4 Å². The number of benzene rings is 1. The predicted molar refractivity (Wildman–Crippen MR) is 102 cm³/mol. The monoisotopic (exact) mass is 391 g/mol. The fourth-order valence-corrected chi connectivity index (χ4v) is 3.80. The van der Waals surface area contributed by atoms with Crippen LogP contribution < -0.4 is 16.4 Å². The molecule has 0 saturated carbocycles. The highest BCUT2D eigenvalue weighted by Crippen LogP contribution is 2.38. The molecule has 8 heteroatoms. The summed E-state index contributed by atoms with van der Waals surface area (Å²) in [5.74, 6) is -0.324. The van der Waals surface area contributed by atoms with Crippen molar-refractivity contribution in [3.05, 3.63) is 23.2 Å². The molecule has 0 bridgehead atoms. The van der Waals surface area contributed by atoms with Gasteiger partial charge in [0, 0.05) is 22.9 Å². The van der Waals surface area contributed by atoms with Crippen LogP contribution in [0.4, 0.5) is 5.69 Å². The number of carbonyl (C=O) groups excluding carboxylic acids is 2. The van der Waals surface area contributed by atoms with Gasteiger partial charge in [-0.1, -0.05) is 25.4 Å². The van der Waals surface area contributed by atoms with Gasteiger partial charge in [-0.3, -0.25) is 9.59 Å². The molecule has 0 aliphatic carbocycles. The van der Waals surface area contributed by atoms with E-state index in [0.717, 1.165) is 17.7 Å². The van der Waals surface area contributed by atoms with Gasteiger partial charge in [0.2, 0.25) is 11.8 Å². The van der Waals surface area contributed by atoms with Gasteiger partial charge in [0.05, 0.1) is 16.5 Å². The Balaban J connectivity index is 0.00000288. The molecule has 0 fully saturated rings. The number of carbonyl (C=O) groups is 2. The Morgan fingerprint density at radius 2 is 2.08 bits per heavy atom. The molecule has 1 aliphatic rings. The standard InChI is InChI=1S/C16H22ClN3O2S.ClH/c1-3-16(4-2,9-18)20-14(21)8-13-15(22)19-11-7-10(17)5-6-12(11)23-13;/h5-7,13H,3-4,8-9,18H2,1-2H3,(H,19,22)(H,20,21);1H. The minimum Gasteiger partial charge on any atom is -0.349 e. The van der Waals surface area contributed by atoms with Crippen LogP contribution in [0.25, 0.3) is 0 Å². The predicted octanol–water partition coefficient (Wildman–Crippen LogP) is 3.20. The number of amides is 2. The highest BCUT2D eigenvalue weighted by molar-refractivity contribution is 8.01. The first-order chi connectivity index (χ1) is 10.9. The molecule has 0 saturated heterocycles. The van der Waals surface area contributed by atoms with Crippen LogP contribution in [0.5, 0.6) is 0 Å². The van der Waals surface area contributed by atoms with Gasteiger partial charge in [-0.2, -0.15) is 0 Å². The van der Waals surface area contributed by atoms with Crippen LogP contribution >= 0.6 is 35.8 Å². The molecule has 1 aromatic rings. The van der Waals surface area contributed by atoms with E-state index in [-0.39, 0.29) is 30.6 Å². The van der Waals surface area contributed by atoms with E-state index in [1.165, 1.54) is 11.8 Å². The molecule has 1 heterocycles. The van der Waals surface area contributed by atoms with Gasteiger partial charge in [0.25, 0.3) is 0 Å². The van der Waals surface area contributed by atoms with E-state index in [1.807, 2.05) is 19.9 Å². The van der Waals surface area contributed by atoms with E-state index in [2.05, 4.69) is 10.6 Å². The normalized spacial score (nSPS) is 16.7. The van der Waals surface area contributed by atoms with Crippen LogP contribution in [0.15, 0.2) is 23.1 Å². The van der Waals surface area contributed by atoms with Crippen LogP contribution in [-0.2, 0) is 9.59 Å². The van der Waals surface area contributed by atoms with E-state index in [0.29, 0.717) is 17.3 Å². The molecule has 134 valence electrons. The minimum absolute atomic E-state index is 0. The van der Waals surface area contributed by atoms with E-state index in [1.54, 1.807) is 12.1 Å². The van der Waals surface area contributed by atoms with Gasteiger partial charge in [0.1, 0.15) is 0 Å². The van der Waals surface area contributed by atoms with E-state index in [4.69, 9.17) is 17.3 Å². The molecule has 2 amide bonds. The summed E-state index contributed by atoms with van der Waals surface area (Å²) in [7, 11) is 0. The Labute approximate surface area is 157 Å². The van der Waals surface area contributed by atoms with Gasteiger partial charge in [-0.25, -0.2) is 0 Å². The molecule has 0 radical (unpaired) electrons. The van der Waals surface area contributed by atoms with Crippen molar-refractivity contribution >= 4 is 53.3 Å². The number of hydrogen-bond acceptors (Lipinski definition) is 4. The number of nitrogens with two attached hydrogens (primary N) is 1. The maximum Gasteiger partial charge on any atom is 0.238 e. The Hall–Kier alpha value is -0.950. The largest absolute Gasteiger partial charge is 0.349 e. The number of nitrogens with one attached hydrogen (secondary N) is 2. The number of halogens is 2. The molecule has 24 heavy (non-hydrogen) atoms. The molecule has 5 nitrogen and oxygen atoms in total. The lowest BCUT2D eigenvalue weighted by Gasteiger charge is -2.32. The second-order valence-corrected chi connectivity index (χ2v) is 7.36. The molecule has 0 aromatic heterocycles. The molecule has 1 aliphatic heterocycles. The molecule has 2 rings (SSSR count). The number of anilines is 1. The van der Waals surface area contributed by atoms with Crippen LogP contribution in [-0.4, -0.2) is 29.1 Å². The van der Waals surface area contributed by atoms with Gasteiger partial charge in [0.15, 0.2) is 0 Å². The van der Waals surface area contributed by atoms with Crippen LogP contribution in [0.1, 0.15) is 33.1 Å². The summed E-state index contributed by atoms with van der Waals surface area (Å²) in [6, 6.07) is 5.34. The fourth-order valence-electron chi connectivity index (χ4n) is 2.54. The van der Waals surface area contributed by atoms with Crippen molar-refractivity contribution in [1.82, 2.24) is 5.32 Å². The van der Waals surface area contributed by atoms with Crippen LogP contribution in [0.3, 0.4) is 0 Å². The summed E-state index contributed by atoms with van der Waals surface area (Å²) in [6.45, 7) is 4.38. The Morgan fingerprint density at radius 1 is 1.42 bits per heavy atom. The van der Waals surface area contributed by atoms with Crippen molar-refractivity contribution < 1.29 is 9.59 Å². The molecule has 1 atom stereocenters. The summed E-state index contributed by atoms with van der Waals surface area (Å²) >= 11 is 7.32. The number of hydrogen-bond donors (Lipinski definition) is 3. The Bertz CT molecular complexity index is 601. The molecule has 1 unspecified atom stereocenters. The van der Waals surface area contributed by atoms with Crippen molar-refractivity contribution in [3.63, 3.8) is 0 Å². The highest BCUT2D eigenvalue weighted by Gasteiger charge is 2.32. The van der Waals surface area contributed by atoms with Gasteiger partial charge >= 0.3 is 0 Å². The maximum atomic E-state index is 12.3. The third kappa shape index (κ3) is 4.79. The van der Waals surface area contributed by atoms with Crippen molar-refractivity contribution in [3.8, 4) is 0 Å². The quantitative estimate of drug-likeness (QED) is 0.694. The summed E-state index contributed by atoms with van der Waals surface area (Å²) in [5, 5.41) is 5.93. The average molecular weight is 392 g/mol. The average Bonchev–Trinajstić information content (AvgIpc) is 2.53. The summed E-state index contributed by atoms with van der Waals surface area (Å²) in [5.41, 5.74) is 6.11. The SMILES string of the molecule is CCC(CC)(CN)NC(=O)CC1Sc2ccc(Cl)cc2NC1=O.Cl. The maximum absolute atomic E-state index is 12.3. The zero-order valence-electron chi connectivity index (χ0n) is 13.7. The summed E-state index contributed by atoms with van der Waals surface area (Å²) in [6.07, 6.45) is 1.65. The summed E-state index contributed by atoms with van der Waals surface area (Å²) in [4.78, 5) is 25.5. The second-order valence-electron chi connectivity index (χ2n) is 5.68. The first-order valence-corrected chi connectivity index (χ1v) is 8.97. The summed E-state index contributed by atoms with van der Waals surface area (Å²) < 4.78 is 0. The van der Waals surface area contributed by atoms with E-state index < -0.39 is 10.8 Å². The topological polar surface area (TPSA) is 84.2 Å². The number of fused-ring (bicyclic) bond motifs is 1. The lowest BCUT2D eigenvalue weighted by atomic mass is 9.92. The Morgan fingerprint density at radius 3 is 2.67 bits per heavy atom. The lowest BCUT2D eigenvalue weighted by molar-refractivity contribution is -0.125. The lowest BCUT2D eigenvalue weighted by Crippen LogP contribution is -2.53. The highest BCUT2D eigenvalue weighted by atomic mass is 35.5. The second kappa shape index (κ2) is 8.94. The van der Waals surface area contributed by atoms with Crippen molar-refractivity contribution in [2.75, 3.05) is 11.9 Å². The van der Waals surface area contributed by atoms with E-state index >= 15 is 0 Å². The number of rotatable bonds is 6. The first-order valence-electron chi connectivity index (χ1n) is 7.71. The van der Waals surface area contributed by atoms with Gasteiger partial charge in [-0.05, 0) is 31.0 Å². The van der Waals surface area contributed by atoms with Crippen molar-refractivity contribution in [1.29, 1.82) is 0 Å². The van der Waals surface area contributed by atoms with Crippen molar-refractivity contribution in [2.24, 2.45) is 5.73 Å².